The van der Waals surface area contributed by atoms with Crippen LogP contribution in [-0.2, 0) is 5.33 Å². The van der Waals surface area contributed by atoms with Crippen LogP contribution in [0, 0.1) is 0 Å². The van der Waals surface area contributed by atoms with Crippen molar-refractivity contribution in [1.29, 1.82) is 0 Å². The van der Waals surface area contributed by atoms with E-state index in [1.165, 1.54) is 11.1 Å². The van der Waals surface area contributed by atoms with Crippen LogP contribution >= 0.6 is 31.9 Å². The van der Waals surface area contributed by atoms with Crippen molar-refractivity contribution in [3.63, 3.8) is 0 Å². The predicted octanol–water partition coefficient (Wildman–Crippen LogP) is 5.20. The number of aromatic nitrogens is 2. The maximum absolute atomic E-state index is 4.44. The van der Waals surface area contributed by atoms with Crippen molar-refractivity contribution in [2.45, 2.75) is 5.33 Å². The first-order chi connectivity index (χ1) is 9.78. The summed E-state index contributed by atoms with van der Waals surface area (Å²) in [5.41, 5.74) is 4.56. The molecular weight excluding hydrogens is 380 g/mol. The number of nitrogens with zero attached hydrogens (tertiary/aromatic N) is 2. The molecule has 0 N–H and O–H groups in total. The molecule has 0 bridgehead atoms. The third kappa shape index (κ3) is 2.72. The molecule has 0 fully saturated rings. The number of hydrogen-bond donors (Lipinski definition) is 0. The average Bonchev–Trinajstić information content (AvgIpc) is 2.98. The van der Waals surface area contributed by atoms with Gasteiger partial charge in [0.15, 0.2) is 0 Å². The van der Waals surface area contributed by atoms with Crippen LogP contribution in [0.3, 0.4) is 0 Å². The fraction of sp³-hybridized carbons (Fsp3) is 0.0625. The minimum Gasteiger partial charge on any atom is -0.240 e. The van der Waals surface area contributed by atoms with Gasteiger partial charge in [-0.05, 0) is 23.3 Å². The van der Waals surface area contributed by atoms with Crippen LogP contribution < -0.4 is 0 Å². The minimum atomic E-state index is 0.836. The monoisotopic (exact) mass is 390 g/mol. The SMILES string of the molecule is BrCc1ccc(-n2cc(-c3ccccc3)cn2)cc1Br. The summed E-state index contributed by atoms with van der Waals surface area (Å²) in [6.07, 6.45) is 3.94. The molecule has 0 aliphatic rings. The topological polar surface area (TPSA) is 17.8 Å². The largest absolute Gasteiger partial charge is 0.240 e. The molecule has 4 heteroatoms. The van der Waals surface area contributed by atoms with E-state index in [2.05, 4.69) is 67.3 Å². The molecule has 3 rings (SSSR count). The summed E-state index contributed by atoms with van der Waals surface area (Å²) in [7, 11) is 0. The lowest BCUT2D eigenvalue weighted by Crippen LogP contribution is -1.94. The molecule has 0 atom stereocenters. The molecule has 0 aliphatic carbocycles. The number of halogens is 2. The van der Waals surface area contributed by atoms with E-state index in [-0.39, 0.29) is 0 Å². The second-order valence-corrected chi connectivity index (χ2v) is 5.86. The van der Waals surface area contributed by atoms with Gasteiger partial charge in [0.2, 0.25) is 0 Å². The van der Waals surface area contributed by atoms with E-state index < -0.39 is 0 Å². The maximum atomic E-state index is 4.44. The smallest absolute Gasteiger partial charge is 0.0657 e. The van der Waals surface area contributed by atoms with Crippen LogP contribution in [0.15, 0.2) is 65.4 Å². The van der Waals surface area contributed by atoms with Gasteiger partial charge in [-0.25, -0.2) is 4.68 Å². The van der Waals surface area contributed by atoms with Crippen molar-refractivity contribution in [2.75, 3.05) is 0 Å². The van der Waals surface area contributed by atoms with Gasteiger partial charge in [-0.3, -0.25) is 0 Å². The molecule has 0 spiro atoms. The van der Waals surface area contributed by atoms with Gasteiger partial charge in [-0.15, -0.1) is 0 Å². The molecule has 1 aromatic heterocycles. The van der Waals surface area contributed by atoms with Crippen molar-refractivity contribution < 1.29 is 0 Å². The lowest BCUT2D eigenvalue weighted by Gasteiger charge is -2.05. The highest BCUT2D eigenvalue weighted by atomic mass is 79.9. The first kappa shape index (κ1) is 13.6. The first-order valence-electron chi connectivity index (χ1n) is 6.23. The Balaban J connectivity index is 1.96. The van der Waals surface area contributed by atoms with Crippen molar-refractivity contribution in [3.8, 4) is 16.8 Å². The van der Waals surface area contributed by atoms with Gasteiger partial charge in [0.25, 0.3) is 0 Å². The van der Waals surface area contributed by atoms with Gasteiger partial charge < -0.3 is 0 Å². The lowest BCUT2D eigenvalue weighted by molar-refractivity contribution is 0.879. The van der Waals surface area contributed by atoms with Gasteiger partial charge in [-0.1, -0.05) is 68.3 Å². The number of hydrogen-bond acceptors (Lipinski definition) is 1. The number of benzene rings is 2. The third-order valence-electron chi connectivity index (χ3n) is 3.13. The van der Waals surface area contributed by atoms with Crippen LogP contribution in [0.2, 0.25) is 0 Å². The van der Waals surface area contributed by atoms with Crippen molar-refractivity contribution in [2.24, 2.45) is 0 Å². The van der Waals surface area contributed by atoms with E-state index in [0.717, 1.165) is 21.1 Å². The normalized spacial score (nSPS) is 10.7. The van der Waals surface area contributed by atoms with Gasteiger partial charge in [0.05, 0.1) is 11.9 Å². The Morgan fingerprint density at radius 3 is 2.50 bits per heavy atom. The van der Waals surface area contributed by atoms with E-state index in [4.69, 9.17) is 0 Å². The van der Waals surface area contributed by atoms with Gasteiger partial charge in [0.1, 0.15) is 0 Å². The Labute approximate surface area is 134 Å². The second kappa shape index (κ2) is 5.94. The standard InChI is InChI=1S/C16H12Br2N2/c17-9-13-6-7-15(8-16(13)18)20-11-14(10-19-20)12-4-2-1-3-5-12/h1-8,10-11H,9H2. The zero-order chi connectivity index (χ0) is 13.9. The van der Waals surface area contributed by atoms with Gasteiger partial charge >= 0.3 is 0 Å². The molecule has 0 saturated heterocycles. The quantitative estimate of drug-likeness (QED) is 0.561. The average molecular weight is 392 g/mol. The molecule has 0 aliphatic heterocycles. The highest BCUT2D eigenvalue weighted by molar-refractivity contribution is 9.10. The fourth-order valence-electron chi connectivity index (χ4n) is 2.03. The van der Waals surface area contributed by atoms with E-state index in [1.807, 2.05) is 35.3 Å². The van der Waals surface area contributed by atoms with Crippen LogP contribution in [-0.4, -0.2) is 9.78 Å². The van der Waals surface area contributed by atoms with Crippen molar-refractivity contribution >= 4 is 31.9 Å². The highest BCUT2D eigenvalue weighted by Gasteiger charge is 2.05. The van der Waals surface area contributed by atoms with Crippen LogP contribution in [0.1, 0.15) is 5.56 Å². The lowest BCUT2D eigenvalue weighted by atomic mass is 10.1. The summed E-state index contributed by atoms with van der Waals surface area (Å²) in [4.78, 5) is 0. The first-order valence-corrected chi connectivity index (χ1v) is 8.14. The van der Waals surface area contributed by atoms with Gasteiger partial charge in [-0.2, -0.15) is 5.10 Å². The Hall–Kier alpha value is -1.39. The molecule has 0 unspecified atom stereocenters. The molecule has 100 valence electrons. The molecule has 0 saturated carbocycles. The predicted molar refractivity (Wildman–Crippen MR) is 89.3 cm³/mol. The second-order valence-electron chi connectivity index (χ2n) is 4.45. The number of rotatable bonds is 3. The van der Waals surface area contributed by atoms with Gasteiger partial charge in [0, 0.05) is 21.6 Å². The summed E-state index contributed by atoms with van der Waals surface area (Å²) in [6, 6.07) is 16.5. The highest BCUT2D eigenvalue weighted by Crippen LogP contribution is 2.24. The third-order valence-corrected chi connectivity index (χ3v) is 4.48. The zero-order valence-electron chi connectivity index (χ0n) is 10.6. The summed E-state index contributed by atoms with van der Waals surface area (Å²) < 4.78 is 2.98. The number of alkyl halides is 1. The van der Waals surface area contributed by atoms with E-state index in [0.29, 0.717) is 0 Å². The van der Waals surface area contributed by atoms with Crippen LogP contribution in [0.5, 0.6) is 0 Å². The molecule has 20 heavy (non-hydrogen) atoms. The van der Waals surface area contributed by atoms with E-state index in [1.54, 1.807) is 0 Å². The summed E-state index contributed by atoms with van der Waals surface area (Å²) >= 11 is 7.06. The Kier molecular flexibility index (Phi) is 4.03. The summed E-state index contributed by atoms with van der Waals surface area (Å²) in [5, 5.41) is 5.28. The Morgan fingerprint density at radius 1 is 1.00 bits per heavy atom. The maximum Gasteiger partial charge on any atom is 0.0657 e. The molecule has 2 aromatic carbocycles. The molecule has 3 aromatic rings. The minimum absolute atomic E-state index is 0.836. The zero-order valence-corrected chi connectivity index (χ0v) is 13.8. The van der Waals surface area contributed by atoms with E-state index >= 15 is 0 Å². The van der Waals surface area contributed by atoms with Crippen LogP contribution in [0.25, 0.3) is 16.8 Å². The molecular formula is C16H12Br2N2. The molecule has 2 nitrogen and oxygen atoms in total. The Morgan fingerprint density at radius 2 is 1.80 bits per heavy atom. The molecule has 0 radical (unpaired) electrons. The molecule has 1 heterocycles. The fourth-order valence-corrected chi connectivity index (χ4v) is 3.40. The van der Waals surface area contributed by atoms with Crippen LogP contribution in [0.4, 0.5) is 0 Å². The van der Waals surface area contributed by atoms with Crippen molar-refractivity contribution in [1.82, 2.24) is 9.78 Å². The van der Waals surface area contributed by atoms with E-state index in [9.17, 15) is 0 Å². The van der Waals surface area contributed by atoms with Crippen molar-refractivity contribution in [3.05, 3.63) is 71.0 Å². The Bertz CT molecular complexity index is 720. The summed E-state index contributed by atoms with van der Waals surface area (Å²) in [6.45, 7) is 0. The summed E-state index contributed by atoms with van der Waals surface area (Å²) in [5.74, 6) is 0. The molecule has 0 amide bonds.